The summed E-state index contributed by atoms with van der Waals surface area (Å²) in [5.74, 6) is 0.517. The SMILES string of the molecule is O=C(C1CCCCC1)N(CCc1csc2nc(-c3ccccc3)cn12)Cc1ccccc1. The highest BCUT2D eigenvalue weighted by atomic mass is 32.1. The van der Waals surface area contributed by atoms with E-state index >= 15 is 0 Å². The Bertz CT molecular complexity index is 1160. The molecule has 0 bridgehead atoms. The summed E-state index contributed by atoms with van der Waals surface area (Å²) in [5.41, 5.74) is 4.54. The maximum atomic E-state index is 13.4. The van der Waals surface area contributed by atoms with Gasteiger partial charge in [-0.25, -0.2) is 4.98 Å². The third-order valence-electron chi connectivity index (χ3n) is 6.47. The van der Waals surface area contributed by atoms with Crippen LogP contribution >= 0.6 is 11.3 Å². The molecule has 32 heavy (non-hydrogen) atoms. The topological polar surface area (TPSA) is 37.6 Å². The first-order valence-corrected chi connectivity index (χ1v) is 12.5. The van der Waals surface area contributed by atoms with Crippen molar-refractivity contribution >= 4 is 22.2 Å². The quantitative estimate of drug-likeness (QED) is 0.340. The van der Waals surface area contributed by atoms with Crippen molar-refractivity contribution in [3.05, 3.63) is 83.5 Å². The maximum absolute atomic E-state index is 13.4. The summed E-state index contributed by atoms with van der Waals surface area (Å²) in [5, 5.41) is 2.18. The second kappa shape index (κ2) is 9.70. The lowest BCUT2D eigenvalue weighted by Crippen LogP contribution is -2.38. The summed E-state index contributed by atoms with van der Waals surface area (Å²) in [6, 6.07) is 20.7. The molecule has 2 aromatic carbocycles. The molecule has 4 aromatic rings. The number of nitrogens with zero attached hydrogens (tertiary/aromatic N) is 3. The molecule has 2 heterocycles. The third-order valence-corrected chi connectivity index (χ3v) is 7.36. The number of amides is 1. The fourth-order valence-corrected chi connectivity index (χ4v) is 5.59. The van der Waals surface area contributed by atoms with Crippen LogP contribution in [0.3, 0.4) is 0 Å². The van der Waals surface area contributed by atoms with Gasteiger partial charge in [-0.05, 0) is 18.4 Å². The fraction of sp³-hybridized carbons (Fsp3) is 0.333. The Balaban J connectivity index is 1.34. The molecule has 1 saturated carbocycles. The predicted molar refractivity (Wildman–Crippen MR) is 131 cm³/mol. The van der Waals surface area contributed by atoms with Crippen LogP contribution in [0.25, 0.3) is 16.2 Å². The zero-order chi connectivity index (χ0) is 21.8. The minimum Gasteiger partial charge on any atom is -0.338 e. The van der Waals surface area contributed by atoms with E-state index in [1.165, 1.54) is 30.5 Å². The van der Waals surface area contributed by atoms with Crippen LogP contribution < -0.4 is 0 Å². The highest BCUT2D eigenvalue weighted by Gasteiger charge is 2.26. The van der Waals surface area contributed by atoms with Gasteiger partial charge >= 0.3 is 0 Å². The van der Waals surface area contributed by atoms with E-state index in [1.54, 1.807) is 11.3 Å². The van der Waals surface area contributed by atoms with Crippen molar-refractivity contribution < 1.29 is 4.79 Å². The summed E-state index contributed by atoms with van der Waals surface area (Å²) < 4.78 is 2.19. The molecule has 5 rings (SSSR count). The molecular formula is C27H29N3OS. The van der Waals surface area contributed by atoms with Crippen LogP contribution in [0.2, 0.25) is 0 Å². The van der Waals surface area contributed by atoms with Crippen molar-refractivity contribution in [1.82, 2.24) is 14.3 Å². The van der Waals surface area contributed by atoms with E-state index in [0.717, 1.165) is 42.0 Å². The number of benzene rings is 2. The Kier molecular flexibility index (Phi) is 6.35. The van der Waals surface area contributed by atoms with Gasteiger partial charge in [0.15, 0.2) is 4.96 Å². The first-order valence-electron chi connectivity index (χ1n) is 11.6. The molecule has 0 unspecified atom stereocenters. The minimum atomic E-state index is 0.188. The molecule has 1 aliphatic rings. The molecule has 164 valence electrons. The second-order valence-electron chi connectivity index (χ2n) is 8.70. The zero-order valence-corrected chi connectivity index (χ0v) is 19.1. The molecule has 4 nitrogen and oxygen atoms in total. The second-order valence-corrected chi connectivity index (χ2v) is 9.54. The van der Waals surface area contributed by atoms with Crippen LogP contribution in [0, 0.1) is 5.92 Å². The van der Waals surface area contributed by atoms with E-state index in [0.29, 0.717) is 12.5 Å². The average molecular weight is 444 g/mol. The Labute approximate surface area is 193 Å². The van der Waals surface area contributed by atoms with Crippen molar-refractivity contribution in [3.63, 3.8) is 0 Å². The van der Waals surface area contributed by atoms with Crippen LogP contribution in [-0.2, 0) is 17.8 Å². The lowest BCUT2D eigenvalue weighted by atomic mass is 9.88. The van der Waals surface area contributed by atoms with Gasteiger partial charge in [-0.15, -0.1) is 11.3 Å². The standard InChI is InChI=1S/C27H29N3OS/c31-26(23-14-8-3-9-15-23)29(18-21-10-4-1-5-11-21)17-16-24-20-32-27-28-25(19-30(24)27)22-12-6-2-7-13-22/h1-2,4-7,10-13,19-20,23H,3,8-9,14-18H2. The molecule has 0 N–H and O–H groups in total. The number of fused-ring (bicyclic) bond motifs is 1. The van der Waals surface area contributed by atoms with Gasteiger partial charge in [-0.2, -0.15) is 0 Å². The molecule has 2 aromatic heterocycles. The van der Waals surface area contributed by atoms with Crippen LogP contribution in [0.4, 0.5) is 0 Å². The van der Waals surface area contributed by atoms with Crippen LogP contribution in [-0.4, -0.2) is 26.7 Å². The van der Waals surface area contributed by atoms with E-state index in [-0.39, 0.29) is 5.92 Å². The number of imidazole rings is 1. The van der Waals surface area contributed by atoms with Crippen LogP contribution in [0.15, 0.2) is 72.2 Å². The summed E-state index contributed by atoms with van der Waals surface area (Å²) in [7, 11) is 0. The minimum absolute atomic E-state index is 0.188. The van der Waals surface area contributed by atoms with Gasteiger partial charge in [-0.3, -0.25) is 9.20 Å². The number of hydrogen-bond donors (Lipinski definition) is 0. The van der Waals surface area contributed by atoms with E-state index in [4.69, 9.17) is 4.98 Å². The molecule has 0 saturated heterocycles. The highest BCUT2D eigenvalue weighted by molar-refractivity contribution is 7.15. The maximum Gasteiger partial charge on any atom is 0.225 e. The Morgan fingerprint density at radius 3 is 2.47 bits per heavy atom. The molecule has 0 radical (unpaired) electrons. The number of thiazole rings is 1. The summed E-state index contributed by atoms with van der Waals surface area (Å²) in [4.78, 5) is 21.3. The number of aromatic nitrogens is 2. The van der Waals surface area contributed by atoms with Gasteiger partial charge in [0.25, 0.3) is 0 Å². The van der Waals surface area contributed by atoms with Crippen molar-refractivity contribution in [2.45, 2.75) is 45.1 Å². The van der Waals surface area contributed by atoms with Gasteiger partial charge < -0.3 is 4.90 Å². The largest absolute Gasteiger partial charge is 0.338 e. The molecule has 5 heteroatoms. The van der Waals surface area contributed by atoms with Gasteiger partial charge in [0.05, 0.1) is 5.69 Å². The number of carbonyl (C=O) groups is 1. The molecule has 1 aliphatic carbocycles. The Morgan fingerprint density at radius 2 is 1.72 bits per heavy atom. The smallest absolute Gasteiger partial charge is 0.225 e. The Hall–Kier alpha value is -2.92. The molecule has 0 atom stereocenters. The summed E-state index contributed by atoms with van der Waals surface area (Å²) >= 11 is 1.67. The number of carbonyl (C=O) groups excluding carboxylic acids is 1. The lowest BCUT2D eigenvalue weighted by molar-refractivity contribution is -0.137. The van der Waals surface area contributed by atoms with Gasteiger partial charge in [-0.1, -0.05) is 79.9 Å². The van der Waals surface area contributed by atoms with Gasteiger partial charge in [0.1, 0.15) is 0 Å². The fourth-order valence-electron chi connectivity index (χ4n) is 4.69. The molecular weight excluding hydrogens is 414 g/mol. The summed E-state index contributed by atoms with van der Waals surface area (Å²) in [6.07, 6.45) is 8.65. The van der Waals surface area contributed by atoms with Crippen molar-refractivity contribution in [1.29, 1.82) is 0 Å². The van der Waals surface area contributed by atoms with Crippen LogP contribution in [0.1, 0.15) is 43.4 Å². The van der Waals surface area contributed by atoms with Gasteiger partial charge in [0.2, 0.25) is 5.91 Å². The molecule has 0 spiro atoms. The Morgan fingerprint density at radius 1 is 1.00 bits per heavy atom. The van der Waals surface area contributed by atoms with E-state index in [2.05, 4.69) is 57.3 Å². The third kappa shape index (κ3) is 4.63. The number of rotatable bonds is 7. The van der Waals surface area contributed by atoms with Crippen molar-refractivity contribution in [3.8, 4) is 11.3 Å². The van der Waals surface area contributed by atoms with E-state index in [9.17, 15) is 4.79 Å². The first-order chi connectivity index (χ1) is 15.8. The summed E-state index contributed by atoms with van der Waals surface area (Å²) in [6.45, 7) is 1.41. The zero-order valence-electron chi connectivity index (χ0n) is 18.3. The number of hydrogen-bond acceptors (Lipinski definition) is 3. The molecule has 0 aliphatic heterocycles. The van der Waals surface area contributed by atoms with E-state index in [1.807, 2.05) is 24.3 Å². The lowest BCUT2D eigenvalue weighted by Gasteiger charge is -2.29. The normalized spacial score (nSPS) is 14.6. The molecule has 1 amide bonds. The van der Waals surface area contributed by atoms with Gasteiger partial charge in [0, 0.05) is 48.3 Å². The predicted octanol–water partition coefficient (Wildman–Crippen LogP) is 6.21. The van der Waals surface area contributed by atoms with E-state index < -0.39 is 0 Å². The van der Waals surface area contributed by atoms with Crippen molar-refractivity contribution in [2.75, 3.05) is 6.54 Å². The average Bonchev–Trinajstić information content (AvgIpc) is 3.44. The van der Waals surface area contributed by atoms with Crippen LogP contribution in [0.5, 0.6) is 0 Å². The first kappa shape index (κ1) is 21.0. The van der Waals surface area contributed by atoms with Crippen molar-refractivity contribution in [2.24, 2.45) is 5.92 Å². The highest BCUT2D eigenvalue weighted by Crippen LogP contribution is 2.27. The molecule has 1 fully saturated rings. The monoisotopic (exact) mass is 443 g/mol.